The van der Waals surface area contributed by atoms with Crippen LogP contribution in [0.1, 0.15) is 57.8 Å². The molecule has 0 saturated carbocycles. The molecule has 63 heavy (non-hydrogen) atoms. The molecule has 13 nitrogen and oxygen atoms in total. The summed E-state index contributed by atoms with van der Waals surface area (Å²) in [5, 5.41) is 5.57. The van der Waals surface area contributed by atoms with Crippen LogP contribution in [0.4, 0.5) is 51.6 Å². The first-order valence-electron chi connectivity index (χ1n) is 20.2. The quantitative estimate of drug-likeness (QED) is 0.102. The van der Waals surface area contributed by atoms with Crippen LogP contribution in [-0.4, -0.2) is 59.8 Å². The van der Waals surface area contributed by atoms with Crippen LogP contribution in [0, 0.1) is 0 Å². The van der Waals surface area contributed by atoms with Gasteiger partial charge in [-0.2, -0.15) is 18.2 Å². The van der Waals surface area contributed by atoms with Gasteiger partial charge in [-0.15, -0.1) is 0 Å². The number of alkyl halides is 3. The van der Waals surface area contributed by atoms with E-state index in [1.807, 2.05) is 36.4 Å². The van der Waals surface area contributed by atoms with Crippen molar-refractivity contribution >= 4 is 46.9 Å². The smallest absolute Gasteiger partial charge is 0.421 e. The highest BCUT2D eigenvalue weighted by Gasteiger charge is 2.36. The normalized spacial score (nSPS) is 13.4. The lowest BCUT2D eigenvalue weighted by Crippen LogP contribution is -2.38. The maximum Gasteiger partial charge on any atom is 0.421 e. The molecule has 8 rings (SSSR count). The number of halogens is 3. The molecule has 1 fully saturated rings. The summed E-state index contributed by atoms with van der Waals surface area (Å²) in [5.41, 5.74) is 6.74. The molecule has 322 valence electrons. The van der Waals surface area contributed by atoms with Crippen molar-refractivity contribution in [3.8, 4) is 16.9 Å². The van der Waals surface area contributed by atoms with Gasteiger partial charge in [-0.3, -0.25) is 14.5 Å². The molecule has 1 aliphatic carbocycles. The first-order valence-corrected chi connectivity index (χ1v) is 20.2. The number of carbonyl (C=O) groups excluding carboxylic acids is 3. The Bertz CT molecular complexity index is 2570. The van der Waals surface area contributed by atoms with E-state index >= 15 is 0 Å². The number of hydrogen-bond acceptors (Lipinski definition) is 10. The Labute approximate surface area is 360 Å². The predicted octanol–water partition coefficient (Wildman–Crippen LogP) is 10.2. The van der Waals surface area contributed by atoms with E-state index in [9.17, 15) is 27.6 Å². The monoisotopic (exact) mass is 857 g/mol. The molecule has 5 aromatic carbocycles. The molecule has 0 radical (unpaired) electrons. The molecular weight excluding hydrogens is 816 g/mol. The number of para-hydroxylation sites is 3. The number of fused-ring (bicyclic) bond motifs is 3. The third-order valence-electron chi connectivity index (χ3n) is 10.8. The fourth-order valence-electron chi connectivity index (χ4n) is 7.74. The minimum Gasteiger partial charge on any atom is -0.448 e. The molecule has 2 aliphatic rings. The van der Waals surface area contributed by atoms with Gasteiger partial charge in [0, 0.05) is 30.9 Å². The summed E-state index contributed by atoms with van der Waals surface area (Å²) in [4.78, 5) is 56.0. The number of piperidine rings is 1. The Morgan fingerprint density at radius 1 is 0.794 bits per heavy atom. The average Bonchev–Trinajstić information content (AvgIpc) is 3.61. The number of rotatable bonds is 12. The minimum absolute atomic E-state index is 0.00383. The number of nitrogens with one attached hydrogen (secondary N) is 3. The van der Waals surface area contributed by atoms with E-state index in [2.05, 4.69) is 38.2 Å². The second-order valence-corrected chi connectivity index (χ2v) is 14.9. The van der Waals surface area contributed by atoms with Crippen molar-refractivity contribution in [3.63, 3.8) is 0 Å². The molecule has 1 saturated heterocycles. The van der Waals surface area contributed by atoms with Crippen LogP contribution in [-0.2, 0) is 22.3 Å². The zero-order valence-electron chi connectivity index (χ0n) is 34.0. The third-order valence-corrected chi connectivity index (χ3v) is 10.8. The first-order chi connectivity index (χ1) is 30.6. The maximum atomic E-state index is 14.3. The fraction of sp³-hybridized carbons (Fsp3) is 0.213. The van der Waals surface area contributed by atoms with Crippen molar-refractivity contribution in [2.24, 2.45) is 0 Å². The molecule has 6 aromatic rings. The van der Waals surface area contributed by atoms with Crippen molar-refractivity contribution in [1.82, 2.24) is 20.3 Å². The molecular formula is C47H42F3N7O6. The van der Waals surface area contributed by atoms with Crippen LogP contribution in [0.5, 0.6) is 5.75 Å². The molecule has 3 amide bonds. The largest absolute Gasteiger partial charge is 0.448 e. The van der Waals surface area contributed by atoms with Crippen LogP contribution in [0.3, 0.4) is 0 Å². The Morgan fingerprint density at radius 3 is 2.14 bits per heavy atom. The zero-order valence-corrected chi connectivity index (χ0v) is 34.0. The maximum absolute atomic E-state index is 14.3. The first kappa shape index (κ1) is 42.2. The van der Waals surface area contributed by atoms with Gasteiger partial charge in [-0.25, -0.2) is 20.1 Å². The number of aromatic nitrogens is 2. The number of hydrogen-bond donors (Lipinski definition) is 3. The van der Waals surface area contributed by atoms with Gasteiger partial charge in [-0.1, -0.05) is 84.9 Å². The Hall–Kier alpha value is -7.46. The topological polar surface area (TPSA) is 147 Å². The molecule has 16 heteroatoms. The van der Waals surface area contributed by atoms with Crippen molar-refractivity contribution in [2.75, 3.05) is 42.3 Å². The molecule has 1 aliphatic heterocycles. The van der Waals surface area contributed by atoms with Gasteiger partial charge in [0.2, 0.25) is 5.95 Å². The lowest BCUT2D eigenvalue weighted by atomic mass is 9.98. The Morgan fingerprint density at radius 2 is 1.44 bits per heavy atom. The molecule has 0 bridgehead atoms. The molecule has 2 heterocycles. The van der Waals surface area contributed by atoms with E-state index in [4.69, 9.17) is 14.3 Å². The van der Waals surface area contributed by atoms with Crippen molar-refractivity contribution in [3.05, 3.63) is 155 Å². The summed E-state index contributed by atoms with van der Waals surface area (Å²) >= 11 is 0. The number of likely N-dealkylation sites (tertiary alicyclic amines) is 1. The lowest BCUT2D eigenvalue weighted by Gasteiger charge is -2.28. The van der Waals surface area contributed by atoms with Gasteiger partial charge in [-0.05, 0) is 83.5 Å². The van der Waals surface area contributed by atoms with Gasteiger partial charge in [0.25, 0.3) is 5.91 Å². The molecule has 0 atom stereocenters. The second kappa shape index (κ2) is 18.7. The fourth-order valence-corrected chi connectivity index (χ4v) is 7.74. The summed E-state index contributed by atoms with van der Waals surface area (Å²) in [5.74, 6) is -1.45. The number of anilines is 5. The van der Waals surface area contributed by atoms with Crippen LogP contribution in [0.25, 0.3) is 11.1 Å². The van der Waals surface area contributed by atoms with Gasteiger partial charge >= 0.3 is 18.4 Å². The van der Waals surface area contributed by atoms with Gasteiger partial charge in [0.15, 0.2) is 5.75 Å². The minimum atomic E-state index is -4.82. The van der Waals surface area contributed by atoms with E-state index in [1.165, 1.54) is 24.1 Å². The summed E-state index contributed by atoms with van der Waals surface area (Å²) < 4.78 is 54.4. The number of carbonyl (C=O) groups is 3. The van der Waals surface area contributed by atoms with E-state index < -0.39 is 35.7 Å². The number of amides is 3. The Balaban J connectivity index is 1.04. The third kappa shape index (κ3) is 9.55. The van der Waals surface area contributed by atoms with Gasteiger partial charge in [0.05, 0.1) is 30.6 Å². The van der Waals surface area contributed by atoms with Crippen LogP contribution >= 0.6 is 0 Å². The highest BCUT2D eigenvalue weighted by atomic mass is 19.4. The SMILES string of the molecule is CONC(=O)c1ccccc1Nc1nc(Nc2ccc(CN(C(=O)OCC3c4ccccc4-c4ccccc43)c3ccccc3OC(=O)N3CCCCC3)cc2)ncc1C(F)(F)F. The van der Waals surface area contributed by atoms with Crippen molar-refractivity contribution < 1.29 is 41.9 Å². The van der Waals surface area contributed by atoms with Crippen molar-refractivity contribution in [1.29, 1.82) is 0 Å². The molecule has 0 unspecified atom stereocenters. The Kier molecular flexibility index (Phi) is 12.5. The van der Waals surface area contributed by atoms with E-state index in [0.717, 1.165) is 41.5 Å². The molecule has 1 aromatic heterocycles. The predicted molar refractivity (Wildman–Crippen MR) is 230 cm³/mol. The zero-order chi connectivity index (χ0) is 43.9. The highest BCUT2D eigenvalue weighted by molar-refractivity contribution is 5.99. The summed E-state index contributed by atoms with van der Waals surface area (Å²) in [6, 6.07) is 35.6. The summed E-state index contributed by atoms with van der Waals surface area (Å²) in [6.45, 7) is 1.21. The van der Waals surface area contributed by atoms with E-state index in [0.29, 0.717) is 36.2 Å². The number of nitrogens with zero attached hydrogens (tertiary/aromatic N) is 4. The highest BCUT2D eigenvalue weighted by Crippen LogP contribution is 2.45. The van der Waals surface area contributed by atoms with E-state index in [-0.39, 0.29) is 42.0 Å². The average molecular weight is 858 g/mol. The lowest BCUT2D eigenvalue weighted by molar-refractivity contribution is -0.137. The summed E-state index contributed by atoms with van der Waals surface area (Å²) in [6.07, 6.45) is -2.57. The van der Waals surface area contributed by atoms with E-state index in [1.54, 1.807) is 65.6 Å². The van der Waals surface area contributed by atoms with Crippen LogP contribution in [0.2, 0.25) is 0 Å². The number of benzene rings is 5. The number of ether oxygens (including phenoxy) is 2. The van der Waals surface area contributed by atoms with Crippen molar-refractivity contribution in [2.45, 2.75) is 37.9 Å². The number of hydroxylamine groups is 1. The molecule has 0 spiro atoms. The second-order valence-electron chi connectivity index (χ2n) is 14.9. The van der Waals surface area contributed by atoms with Crippen LogP contribution < -0.4 is 25.8 Å². The van der Waals surface area contributed by atoms with Gasteiger partial charge in [0.1, 0.15) is 18.0 Å². The summed E-state index contributed by atoms with van der Waals surface area (Å²) in [7, 11) is 1.24. The van der Waals surface area contributed by atoms with Gasteiger partial charge < -0.3 is 25.0 Å². The van der Waals surface area contributed by atoms with Crippen LogP contribution in [0.15, 0.2) is 128 Å². The molecule has 3 N–H and O–H groups in total. The standard InChI is InChI=1S/C47H42F3N7O6/c1-61-55-43(58)36-17-7-8-18-39(36)53-42-38(47(48,49)50)27-51-44(54-42)52-31-23-21-30(22-24-31)28-57(40-19-9-10-20-41(40)63-45(59)56-25-11-2-12-26-56)46(60)62-29-37-34-15-5-3-13-32(34)33-14-4-6-16-35(33)37/h3-10,13-24,27,37H,2,11-12,25-26,28-29H2,1H3,(H,55,58)(H2,51,52,53,54).